The summed E-state index contributed by atoms with van der Waals surface area (Å²) in [5.74, 6) is 0.545. The summed E-state index contributed by atoms with van der Waals surface area (Å²) in [7, 11) is -1.05. The average molecular weight is 320 g/mol. The Morgan fingerprint density at radius 2 is 1.86 bits per heavy atom. The topological polar surface area (TPSA) is 55.4 Å². The molecule has 0 saturated heterocycles. The van der Waals surface area contributed by atoms with Crippen LogP contribution >= 0.6 is 0 Å². The molecule has 1 aliphatic carbocycles. The molecule has 1 aliphatic rings. The highest BCUT2D eigenvalue weighted by molar-refractivity contribution is 7.91. The maximum absolute atomic E-state index is 11.7. The summed E-state index contributed by atoms with van der Waals surface area (Å²) in [6.07, 6.45) is 8.59. The molecule has 0 amide bonds. The molecular weight excluding hydrogens is 286 g/mol. The van der Waals surface area contributed by atoms with Crippen molar-refractivity contribution in [1.29, 1.82) is 0 Å². The quantitative estimate of drug-likeness (QED) is 0.672. The summed E-state index contributed by atoms with van der Waals surface area (Å²) < 4.78 is 29.3. The molecule has 1 atom stereocenters. The van der Waals surface area contributed by atoms with Crippen molar-refractivity contribution >= 4 is 9.84 Å². The van der Waals surface area contributed by atoms with Gasteiger partial charge >= 0.3 is 0 Å². The van der Waals surface area contributed by atoms with E-state index in [1.165, 1.54) is 19.3 Å². The molecule has 126 valence electrons. The van der Waals surface area contributed by atoms with E-state index in [9.17, 15) is 8.42 Å². The van der Waals surface area contributed by atoms with Gasteiger partial charge in [0.2, 0.25) is 0 Å². The molecule has 0 radical (unpaired) electrons. The lowest BCUT2D eigenvalue weighted by Crippen LogP contribution is -2.53. The van der Waals surface area contributed by atoms with Gasteiger partial charge in [0, 0.05) is 18.9 Å². The fraction of sp³-hybridized carbons (Fsp3) is 1.00. The second-order valence-corrected chi connectivity index (χ2v) is 8.69. The van der Waals surface area contributed by atoms with Crippen molar-refractivity contribution in [3.63, 3.8) is 0 Å². The molecule has 0 aliphatic heterocycles. The zero-order valence-corrected chi connectivity index (χ0v) is 14.8. The fourth-order valence-electron chi connectivity index (χ4n) is 3.37. The molecule has 1 saturated carbocycles. The standard InChI is InChI=1S/C16H33NO3S/c1-4-13-17-15(10-9-14-21(18,19)5-2)16(20-3)11-7-6-8-12-16/h15,17H,4-14H2,1-3H3. The van der Waals surface area contributed by atoms with Crippen LogP contribution in [0.2, 0.25) is 0 Å². The SMILES string of the molecule is CCCNC(CCCS(=O)(=O)CC)C1(OC)CCCCC1. The second-order valence-electron chi connectivity index (χ2n) is 6.21. The van der Waals surface area contributed by atoms with E-state index in [0.29, 0.717) is 5.75 Å². The summed E-state index contributed by atoms with van der Waals surface area (Å²) in [5.41, 5.74) is -0.0939. The molecule has 0 aromatic rings. The Morgan fingerprint density at radius 3 is 2.38 bits per heavy atom. The molecule has 21 heavy (non-hydrogen) atoms. The summed E-state index contributed by atoms with van der Waals surface area (Å²) in [5, 5.41) is 3.62. The summed E-state index contributed by atoms with van der Waals surface area (Å²) in [4.78, 5) is 0. The van der Waals surface area contributed by atoms with Crippen LogP contribution in [0.3, 0.4) is 0 Å². The van der Waals surface area contributed by atoms with Crippen LogP contribution < -0.4 is 5.32 Å². The Morgan fingerprint density at radius 1 is 1.19 bits per heavy atom. The number of hydrogen-bond donors (Lipinski definition) is 1. The van der Waals surface area contributed by atoms with Gasteiger partial charge in [0.1, 0.15) is 9.84 Å². The first kappa shape index (κ1) is 18.9. The Bertz CT molecular complexity index is 375. The van der Waals surface area contributed by atoms with Gasteiger partial charge in [-0.05, 0) is 38.6 Å². The minimum atomic E-state index is -2.86. The van der Waals surface area contributed by atoms with Crippen LogP contribution in [0.15, 0.2) is 0 Å². The molecule has 1 N–H and O–H groups in total. The molecule has 0 heterocycles. The molecule has 5 heteroatoms. The zero-order valence-electron chi connectivity index (χ0n) is 14.0. The molecule has 1 fully saturated rings. The third-order valence-corrected chi connectivity index (χ3v) is 6.56. The van der Waals surface area contributed by atoms with Crippen LogP contribution in [0.5, 0.6) is 0 Å². The number of hydrogen-bond acceptors (Lipinski definition) is 4. The smallest absolute Gasteiger partial charge is 0.150 e. The van der Waals surface area contributed by atoms with Crippen LogP contribution in [0, 0.1) is 0 Å². The van der Waals surface area contributed by atoms with Gasteiger partial charge in [-0.25, -0.2) is 8.42 Å². The van der Waals surface area contributed by atoms with E-state index in [1.54, 1.807) is 6.92 Å². The minimum Gasteiger partial charge on any atom is -0.377 e. The van der Waals surface area contributed by atoms with Crippen molar-refractivity contribution in [2.75, 3.05) is 25.2 Å². The number of ether oxygens (including phenoxy) is 1. The first-order valence-electron chi connectivity index (χ1n) is 8.48. The molecule has 0 aromatic carbocycles. The van der Waals surface area contributed by atoms with Crippen LogP contribution in [0.1, 0.15) is 65.2 Å². The van der Waals surface area contributed by atoms with Crippen molar-refractivity contribution in [3.8, 4) is 0 Å². The van der Waals surface area contributed by atoms with Gasteiger partial charge in [-0.3, -0.25) is 0 Å². The fourth-order valence-corrected chi connectivity index (χ4v) is 4.26. The predicted molar refractivity (Wildman–Crippen MR) is 88.5 cm³/mol. The van der Waals surface area contributed by atoms with Crippen LogP contribution in [0.4, 0.5) is 0 Å². The Labute approximate surface area is 130 Å². The van der Waals surface area contributed by atoms with Gasteiger partial charge in [0.25, 0.3) is 0 Å². The van der Waals surface area contributed by atoms with E-state index in [0.717, 1.165) is 38.6 Å². The Balaban J connectivity index is 2.65. The largest absolute Gasteiger partial charge is 0.377 e. The van der Waals surface area contributed by atoms with E-state index < -0.39 is 9.84 Å². The summed E-state index contributed by atoms with van der Waals surface area (Å²) in [6, 6.07) is 0.273. The normalized spacial score (nSPS) is 20.3. The molecule has 0 bridgehead atoms. The average Bonchev–Trinajstić information content (AvgIpc) is 2.51. The van der Waals surface area contributed by atoms with Crippen molar-refractivity contribution < 1.29 is 13.2 Å². The van der Waals surface area contributed by atoms with E-state index in [4.69, 9.17) is 4.74 Å². The van der Waals surface area contributed by atoms with Crippen LogP contribution in [-0.2, 0) is 14.6 Å². The van der Waals surface area contributed by atoms with Gasteiger partial charge in [0.15, 0.2) is 0 Å². The predicted octanol–water partition coefficient (Wildman–Crippen LogP) is 2.92. The highest BCUT2D eigenvalue weighted by atomic mass is 32.2. The molecular formula is C16H33NO3S. The molecule has 4 nitrogen and oxygen atoms in total. The second kappa shape index (κ2) is 9.11. The Hall–Kier alpha value is -0.130. The van der Waals surface area contributed by atoms with Crippen LogP contribution in [-0.4, -0.2) is 45.2 Å². The summed E-state index contributed by atoms with van der Waals surface area (Å²) >= 11 is 0. The highest BCUT2D eigenvalue weighted by Crippen LogP contribution is 2.35. The van der Waals surface area contributed by atoms with Gasteiger partial charge < -0.3 is 10.1 Å². The summed E-state index contributed by atoms with van der Waals surface area (Å²) in [6.45, 7) is 4.85. The van der Waals surface area contributed by atoms with Crippen molar-refractivity contribution in [3.05, 3.63) is 0 Å². The lowest BCUT2D eigenvalue weighted by molar-refractivity contribution is -0.0693. The van der Waals surface area contributed by atoms with E-state index in [-0.39, 0.29) is 17.4 Å². The maximum Gasteiger partial charge on any atom is 0.150 e. The minimum absolute atomic E-state index is 0.0939. The van der Waals surface area contributed by atoms with E-state index in [2.05, 4.69) is 12.2 Å². The number of sulfone groups is 1. The van der Waals surface area contributed by atoms with Gasteiger partial charge in [-0.15, -0.1) is 0 Å². The number of rotatable bonds is 10. The maximum atomic E-state index is 11.7. The molecule has 0 spiro atoms. The monoisotopic (exact) mass is 319 g/mol. The first-order chi connectivity index (χ1) is 9.99. The highest BCUT2D eigenvalue weighted by Gasteiger charge is 2.39. The van der Waals surface area contributed by atoms with Crippen molar-refractivity contribution in [2.45, 2.75) is 76.9 Å². The molecule has 0 aromatic heterocycles. The van der Waals surface area contributed by atoms with Crippen molar-refractivity contribution in [2.24, 2.45) is 0 Å². The third kappa shape index (κ3) is 5.87. The van der Waals surface area contributed by atoms with E-state index in [1.807, 2.05) is 7.11 Å². The molecule has 1 rings (SSSR count). The van der Waals surface area contributed by atoms with Gasteiger partial charge in [-0.2, -0.15) is 0 Å². The van der Waals surface area contributed by atoms with Crippen molar-refractivity contribution in [1.82, 2.24) is 5.32 Å². The number of methoxy groups -OCH3 is 1. The first-order valence-corrected chi connectivity index (χ1v) is 10.3. The van der Waals surface area contributed by atoms with Gasteiger partial charge in [-0.1, -0.05) is 33.1 Å². The third-order valence-electron chi connectivity index (χ3n) is 4.77. The van der Waals surface area contributed by atoms with E-state index >= 15 is 0 Å². The van der Waals surface area contributed by atoms with Gasteiger partial charge in [0.05, 0.1) is 11.4 Å². The zero-order chi connectivity index (χ0) is 15.8. The van der Waals surface area contributed by atoms with Crippen LogP contribution in [0.25, 0.3) is 0 Å². The Kier molecular flexibility index (Phi) is 8.21. The lowest BCUT2D eigenvalue weighted by atomic mass is 9.77. The lowest BCUT2D eigenvalue weighted by Gasteiger charge is -2.43. The molecule has 1 unspecified atom stereocenters. The number of nitrogens with one attached hydrogen (secondary N) is 1.